The van der Waals surface area contributed by atoms with Gasteiger partial charge in [-0.05, 0) is 45.2 Å². The van der Waals surface area contributed by atoms with E-state index >= 15 is 0 Å². The Kier molecular flexibility index (Phi) is 5.22. The quantitative estimate of drug-likeness (QED) is 0.922. The van der Waals surface area contributed by atoms with Gasteiger partial charge < -0.3 is 15.0 Å². The number of hydrogen-bond acceptors (Lipinski definition) is 3. The molecule has 0 unspecified atom stereocenters. The van der Waals surface area contributed by atoms with Crippen molar-refractivity contribution in [1.29, 1.82) is 0 Å². The summed E-state index contributed by atoms with van der Waals surface area (Å²) < 4.78 is 19.7. The summed E-state index contributed by atoms with van der Waals surface area (Å²) in [6.07, 6.45) is 2.22. The highest BCUT2D eigenvalue weighted by atomic mass is 19.1. The molecule has 0 amide bonds. The molecule has 1 saturated heterocycles. The normalized spacial score (nSPS) is 17.3. The summed E-state index contributed by atoms with van der Waals surface area (Å²) in [5.41, 5.74) is 1.80. The lowest BCUT2D eigenvalue weighted by atomic mass is 10.0. The standard InChI is InChI=1S/C17H27FN2O/c1-17(2,3)19-12-13-6-5-7-15(18)16(13)20-10-8-14(21-4)9-11-20/h5-7,14,19H,8-12H2,1-4H3. The van der Waals surface area contributed by atoms with E-state index in [0.717, 1.165) is 37.2 Å². The molecule has 0 spiro atoms. The lowest BCUT2D eigenvalue weighted by molar-refractivity contribution is 0.0817. The van der Waals surface area contributed by atoms with Crippen LogP contribution in [0.3, 0.4) is 0 Å². The number of anilines is 1. The minimum atomic E-state index is -0.126. The summed E-state index contributed by atoms with van der Waals surface area (Å²) in [4.78, 5) is 2.16. The second-order valence-electron chi connectivity index (χ2n) is 6.77. The van der Waals surface area contributed by atoms with Crippen molar-refractivity contribution < 1.29 is 9.13 Å². The van der Waals surface area contributed by atoms with E-state index in [1.807, 2.05) is 6.07 Å². The molecule has 0 saturated carbocycles. The number of rotatable bonds is 4. The van der Waals surface area contributed by atoms with Crippen molar-refractivity contribution in [1.82, 2.24) is 5.32 Å². The Balaban J connectivity index is 2.14. The summed E-state index contributed by atoms with van der Waals surface area (Å²) >= 11 is 0. The SMILES string of the molecule is COC1CCN(c2c(F)cccc2CNC(C)(C)C)CC1. The Hall–Kier alpha value is -1.13. The first kappa shape index (κ1) is 16.2. The van der Waals surface area contributed by atoms with Crippen LogP contribution in [0.15, 0.2) is 18.2 Å². The fourth-order valence-electron chi connectivity index (χ4n) is 2.73. The molecule has 1 aliphatic rings. The van der Waals surface area contributed by atoms with Crippen molar-refractivity contribution in [3.8, 4) is 0 Å². The molecular formula is C17H27FN2O. The van der Waals surface area contributed by atoms with Crippen LogP contribution < -0.4 is 10.2 Å². The first-order valence-electron chi connectivity index (χ1n) is 7.71. The van der Waals surface area contributed by atoms with E-state index in [4.69, 9.17) is 4.74 Å². The number of halogens is 1. The highest BCUT2D eigenvalue weighted by molar-refractivity contribution is 5.55. The summed E-state index contributed by atoms with van der Waals surface area (Å²) in [5, 5.41) is 3.45. The van der Waals surface area contributed by atoms with Gasteiger partial charge >= 0.3 is 0 Å². The van der Waals surface area contributed by atoms with Gasteiger partial charge in [-0.25, -0.2) is 4.39 Å². The molecule has 3 nitrogen and oxygen atoms in total. The number of nitrogens with zero attached hydrogens (tertiary/aromatic N) is 1. The van der Waals surface area contributed by atoms with Crippen molar-refractivity contribution in [2.24, 2.45) is 0 Å². The van der Waals surface area contributed by atoms with Crippen molar-refractivity contribution in [3.05, 3.63) is 29.6 Å². The highest BCUT2D eigenvalue weighted by Gasteiger charge is 2.23. The molecular weight excluding hydrogens is 267 g/mol. The molecule has 0 radical (unpaired) electrons. The number of piperidine rings is 1. The average molecular weight is 294 g/mol. The van der Waals surface area contributed by atoms with Crippen molar-refractivity contribution in [3.63, 3.8) is 0 Å². The van der Waals surface area contributed by atoms with E-state index in [-0.39, 0.29) is 11.4 Å². The van der Waals surface area contributed by atoms with Gasteiger partial charge in [0, 0.05) is 32.3 Å². The predicted octanol–water partition coefficient (Wildman–Crippen LogP) is 3.33. The molecule has 0 atom stereocenters. The van der Waals surface area contributed by atoms with Crippen LogP contribution in [0, 0.1) is 5.82 Å². The summed E-state index contributed by atoms with van der Waals surface area (Å²) in [6, 6.07) is 5.36. The monoisotopic (exact) mass is 294 g/mol. The smallest absolute Gasteiger partial charge is 0.146 e. The Morgan fingerprint density at radius 3 is 2.52 bits per heavy atom. The van der Waals surface area contributed by atoms with Crippen molar-refractivity contribution in [2.75, 3.05) is 25.1 Å². The van der Waals surface area contributed by atoms with Crippen molar-refractivity contribution in [2.45, 2.75) is 51.8 Å². The molecule has 1 aliphatic heterocycles. The third-order valence-electron chi connectivity index (χ3n) is 3.97. The fraction of sp³-hybridized carbons (Fsp3) is 0.647. The van der Waals surface area contributed by atoms with Gasteiger partial charge in [0.05, 0.1) is 11.8 Å². The number of methoxy groups -OCH3 is 1. The second kappa shape index (κ2) is 6.75. The van der Waals surface area contributed by atoms with E-state index in [1.54, 1.807) is 19.2 Å². The van der Waals surface area contributed by atoms with Gasteiger partial charge in [0.15, 0.2) is 0 Å². The maximum atomic E-state index is 14.3. The minimum Gasteiger partial charge on any atom is -0.381 e. The van der Waals surface area contributed by atoms with Crippen LogP contribution in [0.5, 0.6) is 0 Å². The molecule has 0 bridgehead atoms. The third-order valence-corrected chi connectivity index (χ3v) is 3.97. The van der Waals surface area contributed by atoms with Crippen LogP contribution in [0.1, 0.15) is 39.2 Å². The van der Waals surface area contributed by atoms with E-state index in [0.29, 0.717) is 12.6 Å². The van der Waals surface area contributed by atoms with E-state index in [9.17, 15) is 4.39 Å². The maximum absolute atomic E-state index is 14.3. The first-order valence-corrected chi connectivity index (χ1v) is 7.71. The average Bonchev–Trinajstić information content (AvgIpc) is 2.44. The number of hydrogen-bond donors (Lipinski definition) is 1. The zero-order chi connectivity index (χ0) is 15.5. The van der Waals surface area contributed by atoms with E-state index in [2.05, 4.69) is 31.0 Å². The predicted molar refractivity (Wildman–Crippen MR) is 85.2 cm³/mol. The maximum Gasteiger partial charge on any atom is 0.146 e. The lowest BCUT2D eigenvalue weighted by Crippen LogP contribution is -2.39. The summed E-state index contributed by atoms with van der Waals surface area (Å²) in [5.74, 6) is -0.126. The van der Waals surface area contributed by atoms with Crippen LogP contribution in [0.2, 0.25) is 0 Å². The van der Waals surface area contributed by atoms with Gasteiger partial charge in [0.25, 0.3) is 0 Å². The molecule has 1 heterocycles. The van der Waals surface area contributed by atoms with Gasteiger partial charge in [0.1, 0.15) is 5.82 Å². The third kappa shape index (κ3) is 4.42. The molecule has 21 heavy (non-hydrogen) atoms. The zero-order valence-electron chi connectivity index (χ0n) is 13.6. The second-order valence-corrected chi connectivity index (χ2v) is 6.77. The van der Waals surface area contributed by atoms with Gasteiger partial charge in [-0.15, -0.1) is 0 Å². The largest absolute Gasteiger partial charge is 0.381 e. The Labute approximate surface area is 127 Å². The van der Waals surface area contributed by atoms with Crippen LogP contribution in [0.4, 0.5) is 10.1 Å². The molecule has 118 valence electrons. The molecule has 1 fully saturated rings. The van der Waals surface area contributed by atoms with Gasteiger partial charge in [-0.3, -0.25) is 0 Å². The molecule has 1 aromatic carbocycles. The summed E-state index contributed by atoms with van der Waals surface area (Å²) in [7, 11) is 1.75. The van der Waals surface area contributed by atoms with E-state index in [1.165, 1.54) is 0 Å². The van der Waals surface area contributed by atoms with Crippen LogP contribution >= 0.6 is 0 Å². The van der Waals surface area contributed by atoms with Crippen molar-refractivity contribution >= 4 is 5.69 Å². The van der Waals surface area contributed by atoms with Gasteiger partial charge in [-0.2, -0.15) is 0 Å². The lowest BCUT2D eigenvalue weighted by Gasteiger charge is -2.34. The molecule has 4 heteroatoms. The Morgan fingerprint density at radius 2 is 1.95 bits per heavy atom. The molecule has 0 aromatic heterocycles. The van der Waals surface area contributed by atoms with Gasteiger partial charge in [0.2, 0.25) is 0 Å². The van der Waals surface area contributed by atoms with E-state index < -0.39 is 0 Å². The number of para-hydroxylation sites is 1. The van der Waals surface area contributed by atoms with Crippen LogP contribution in [-0.2, 0) is 11.3 Å². The molecule has 2 rings (SSSR count). The number of ether oxygens (including phenoxy) is 1. The molecule has 1 aromatic rings. The minimum absolute atomic E-state index is 0.0205. The zero-order valence-corrected chi connectivity index (χ0v) is 13.6. The Bertz CT molecular complexity index is 462. The highest BCUT2D eigenvalue weighted by Crippen LogP contribution is 2.28. The summed E-state index contributed by atoms with van der Waals surface area (Å²) in [6.45, 7) is 8.74. The molecule has 1 N–H and O–H groups in total. The molecule has 0 aliphatic carbocycles. The Morgan fingerprint density at radius 1 is 1.29 bits per heavy atom. The van der Waals surface area contributed by atoms with Crippen LogP contribution in [0.25, 0.3) is 0 Å². The number of nitrogens with one attached hydrogen (secondary N) is 1. The van der Waals surface area contributed by atoms with Gasteiger partial charge in [-0.1, -0.05) is 12.1 Å². The number of benzene rings is 1. The van der Waals surface area contributed by atoms with Crippen LogP contribution in [-0.4, -0.2) is 31.8 Å². The fourth-order valence-corrected chi connectivity index (χ4v) is 2.73. The topological polar surface area (TPSA) is 24.5 Å². The first-order chi connectivity index (χ1) is 9.90.